The van der Waals surface area contributed by atoms with Gasteiger partial charge in [-0.25, -0.2) is 0 Å². The van der Waals surface area contributed by atoms with Gasteiger partial charge in [0.1, 0.15) is 0 Å². The molecule has 0 bridgehead atoms. The Morgan fingerprint density at radius 1 is 1.17 bits per heavy atom. The quantitative estimate of drug-likeness (QED) is 0.761. The number of rotatable bonds is 5. The van der Waals surface area contributed by atoms with Crippen LogP contribution in [0.5, 0.6) is 0 Å². The molecule has 0 amide bonds. The first-order valence-electron chi connectivity index (χ1n) is 10.4. The van der Waals surface area contributed by atoms with E-state index in [2.05, 4.69) is 70.0 Å². The van der Waals surface area contributed by atoms with Crippen molar-refractivity contribution < 1.29 is 4.74 Å². The van der Waals surface area contributed by atoms with E-state index in [1.165, 1.54) is 5.56 Å². The number of morpholine rings is 1. The molecule has 6 nitrogen and oxygen atoms in total. The summed E-state index contributed by atoms with van der Waals surface area (Å²) >= 11 is 5.78. The summed E-state index contributed by atoms with van der Waals surface area (Å²) in [5.41, 5.74) is 2.34. The van der Waals surface area contributed by atoms with Crippen molar-refractivity contribution in [1.29, 1.82) is 0 Å². The molecule has 0 radical (unpaired) electrons. The second-order valence-corrected chi connectivity index (χ2v) is 9.18. The number of nitrogens with one attached hydrogen (secondary N) is 1. The van der Waals surface area contributed by atoms with E-state index in [-0.39, 0.29) is 17.6 Å². The summed E-state index contributed by atoms with van der Waals surface area (Å²) in [7, 11) is 0. The first-order valence-corrected chi connectivity index (χ1v) is 10.8. The molecule has 0 spiro atoms. The minimum absolute atomic E-state index is 0.0456. The van der Waals surface area contributed by atoms with Crippen molar-refractivity contribution in [1.82, 2.24) is 24.7 Å². The first-order chi connectivity index (χ1) is 13.9. The highest BCUT2D eigenvalue weighted by Gasteiger charge is 2.40. The number of thiocarbonyl (C=S) groups is 1. The van der Waals surface area contributed by atoms with Crippen LogP contribution < -0.4 is 5.32 Å². The molecule has 2 aliphatic heterocycles. The van der Waals surface area contributed by atoms with Crippen molar-refractivity contribution >= 4 is 17.3 Å². The van der Waals surface area contributed by atoms with Crippen molar-refractivity contribution in [3.05, 3.63) is 54.1 Å². The third-order valence-electron chi connectivity index (χ3n) is 5.79. The van der Waals surface area contributed by atoms with Crippen LogP contribution in [0.15, 0.2) is 42.9 Å². The molecular weight excluding hydrogens is 382 g/mol. The summed E-state index contributed by atoms with van der Waals surface area (Å²) in [4.78, 5) is 9.42. The fourth-order valence-corrected chi connectivity index (χ4v) is 4.42. The molecule has 156 valence electrons. The van der Waals surface area contributed by atoms with Crippen molar-refractivity contribution in [3.8, 4) is 0 Å². The average molecular weight is 414 g/mol. The topological polar surface area (TPSA) is 45.6 Å². The Balaban J connectivity index is 1.61. The monoisotopic (exact) mass is 413 g/mol. The standard InChI is InChI=1S/C22H31N5OS/c1-22(2,3)26-9-7-17(16-26)20-19(18-6-4-5-8-23-18)24-21(29)27(20)11-10-25-12-14-28-15-13-25/h4-9,16,19-20H,10-15H2,1-3H3,(H,24,29)/t19-,20+/m0/s1. The largest absolute Gasteiger partial charge is 0.379 e. The maximum atomic E-state index is 5.78. The number of hydrogen-bond acceptors (Lipinski definition) is 4. The lowest BCUT2D eigenvalue weighted by Gasteiger charge is -2.32. The highest BCUT2D eigenvalue weighted by Crippen LogP contribution is 2.39. The van der Waals surface area contributed by atoms with E-state index in [0.29, 0.717) is 0 Å². The molecule has 2 saturated heterocycles. The zero-order valence-electron chi connectivity index (χ0n) is 17.5. The molecule has 0 aliphatic carbocycles. The number of ether oxygens (including phenoxy) is 1. The van der Waals surface area contributed by atoms with E-state index in [9.17, 15) is 0 Å². The van der Waals surface area contributed by atoms with Crippen LogP contribution in [-0.4, -0.2) is 63.9 Å². The second kappa shape index (κ2) is 8.42. The van der Waals surface area contributed by atoms with Crippen LogP contribution in [0.1, 0.15) is 44.1 Å². The molecule has 7 heteroatoms. The summed E-state index contributed by atoms with van der Waals surface area (Å²) < 4.78 is 7.77. The van der Waals surface area contributed by atoms with Gasteiger partial charge in [-0.05, 0) is 56.8 Å². The van der Waals surface area contributed by atoms with Crippen LogP contribution in [0.2, 0.25) is 0 Å². The van der Waals surface area contributed by atoms with E-state index in [1.54, 1.807) is 0 Å². The second-order valence-electron chi connectivity index (χ2n) is 8.80. The number of aromatic nitrogens is 2. The molecule has 4 heterocycles. The predicted octanol–water partition coefficient (Wildman–Crippen LogP) is 2.94. The molecule has 2 aromatic heterocycles. The zero-order valence-corrected chi connectivity index (χ0v) is 18.4. The van der Waals surface area contributed by atoms with Gasteiger partial charge in [0.05, 0.1) is 31.0 Å². The summed E-state index contributed by atoms with van der Waals surface area (Å²) in [6, 6.07) is 8.48. The fourth-order valence-electron chi connectivity index (χ4n) is 4.09. The van der Waals surface area contributed by atoms with E-state index >= 15 is 0 Å². The molecule has 2 fully saturated rings. The Hall–Kier alpha value is -1.96. The highest BCUT2D eigenvalue weighted by molar-refractivity contribution is 7.80. The molecular formula is C22H31N5OS. The lowest BCUT2D eigenvalue weighted by atomic mass is 9.99. The van der Waals surface area contributed by atoms with Crippen LogP contribution in [0.4, 0.5) is 0 Å². The van der Waals surface area contributed by atoms with E-state index < -0.39 is 0 Å². The summed E-state index contributed by atoms with van der Waals surface area (Å²) in [5.74, 6) is 0. The van der Waals surface area contributed by atoms with Crippen LogP contribution in [0.25, 0.3) is 0 Å². The van der Waals surface area contributed by atoms with Crippen LogP contribution in [0.3, 0.4) is 0 Å². The maximum absolute atomic E-state index is 5.78. The lowest BCUT2D eigenvalue weighted by Crippen LogP contribution is -2.42. The van der Waals surface area contributed by atoms with Gasteiger partial charge >= 0.3 is 0 Å². The van der Waals surface area contributed by atoms with Crippen molar-refractivity contribution in [2.24, 2.45) is 0 Å². The zero-order chi connectivity index (χ0) is 20.4. The third-order valence-corrected chi connectivity index (χ3v) is 6.14. The van der Waals surface area contributed by atoms with Crippen LogP contribution in [-0.2, 0) is 10.3 Å². The predicted molar refractivity (Wildman–Crippen MR) is 119 cm³/mol. The van der Waals surface area contributed by atoms with E-state index in [0.717, 1.165) is 50.2 Å². The Morgan fingerprint density at radius 3 is 2.62 bits per heavy atom. The Labute approximate surface area is 178 Å². The SMILES string of the molecule is CC(C)(C)n1ccc([C@@H]2[C@H](c3ccccn3)NC(=S)N2CCN2CCOCC2)c1. The summed E-state index contributed by atoms with van der Waals surface area (Å²) in [6.45, 7) is 12.2. The summed E-state index contributed by atoms with van der Waals surface area (Å²) in [5, 5.41) is 4.35. The van der Waals surface area contributed by atoms with Crippen LogP contribution in [0, 0.1) is 0 Å². The van der Waals surface area contributed by atoms with Gasteiger partial charge in [0, 0.05) is 50.3 Å². The molecule has 2 aromatic rings. The number of hydrogen-bond donors (Lipinski definition) is 1. The molecule has 2 atom stereocenters. The molecule has 0 unspecified atom stereocenters. The highest BCUT2D eigenvalue weighted by atomic mass is 32.1. The van der Waals surface area contributed by atoms with Gasteiger partial charge in [0.25, 0.3) is 0 Å². The summed E-state index contributed by atoms with van der Waals surface area (Å²) in [6.07, 6.45) is 6.29. The van der Waals surface area contributed by atoms with Crippen molar-refractivity contribution in [2.75, 3.05) is 39.4 Å². The normalized spacial score (nSPS) is 23.4. The molecule has 0 saturated carbocycles. The molecule has 29 heavy (non-hydrogen) atoms. The van der Waals surface area contributed by atoms with Gasteiger partial charge in [-0.1, -0.05) is 6.07 Å². The minimum Gasteiger partial charge on any atom is -0.379 e. The third kappa shape index (κ3) is 4.47. The van der Waals surface area contributed by atoms with Gasteiger partial charge in [-0.3, -0.25) is 9.88 Å². The first kappa shape index (κ1) is 20.3. The average Bonchev–Trinajstić information content (AvgIpc) is 3.32. The minimum atomic E-state index is 0.0456. The Kier molecular flexibility index (Phi) is 5.90. The van der Waals surface area contributed by atoms with Crippen LogP contribution >= 0.6 is 12.2 Å². The molecule has 2 aliphatic rings. The molecule has 1 N–H and O–H groups in total. The van der Waals surface area contributed by atoms with Gasteiger partial charge in [0.15, 0.2) is 5.11 Å². The van der Waals surface area contributed by atoms with E-state index in [4.69, 9.17) is 17.0 Å². The fraction of sp³-hybridized carbons (Fsp3) is 0.545. The van der Waals surface area contributed by atoms with Gasteiger partial charge < -0.3 is 19.5 Å². The van der Waals surface area contributed by atoms with Gasteiger partial charge in [0.2, 0.25) is 0 Å². The molecule has 4 rings (SSSR count). The number of pyridine rings is 1. The smallest absolute Gasteiger partial charge is 0.170 e. The van der Waals surface area contributed by atoms with Gasteiger partial charge in [-0.15, -0.1) is 0 Å². The number of nitrogens with zero attached hydrogens (tertiary/aromatic N) is 4. The van der Waals surface area contributed by atoms with Gasteiger partial charge in [-0.2, -0.15) is 0 Å². The Morgan fingerprint density at radius 2 is 1.97 bits per heavy atom. The molecule has 0 aromatic carbocycles. The maximum Gasteiger partial charge on any atom is 0.170 e. The lowest BCUT2D eigenvalue weighted by molar-refractivity contribution is 0.0350. The van der Waals surface area contributed by atoms with Crippen molar-refractivity contribution in [2.45, 2.75) is 38.4 Å². The Bertz CT molecular complexity index is 825. The van der Waals surface area contributed by atoms with Crippen molar-refractivity contribution in [3.63, 3.8) is 0 Å². The van der Waals surface area contributed by atoms with E-state index in [1.807, 2.05) is 18.3 Å².